The van der Waals surface area contributed by atoms with Crippen molar-refractivity contribution in [3.63, 3.8) is 0 Å². The van der Waals surface area contributed by atoms with Gasteiger partial charge in [0, 0.05) is 6.42 Å². The van der Waals surface area contributed by atoms with Gasteiger partial charge in [-0.05, 0) is 24.6 Å². The number of carboxylic acid groups (broad SMARTS) is 1. The van der Waals surface area contributed by atoms with Crippen molar-refractivity contribution < 1.29 is 23.1 Å². The second-order valence-electron chi connectivity index (χ2n) is 3.68. The minimum Gasteiger partial charge on any atom is -0.480 e. The summed E-state index contributed by atoms with van der Waals surface area (Å²) in [6.07, 6.45) is 0.235. The molecule has 0 atom stereocenters. The van der Waals surface area contributed by atoms with Gasteiger partial charge in [-0.25, -0.2) is 8.42 Å². The van der Waals surface area contributed by atoms with Crippen LogP contribution < -0.4 is 0 Å². The zero-order valence-corrected chi connectivity index (χ0v) is 10.0. The van der Waals surface area contributed by atoms with Crippen molar-refractivity contribution in [1.82, 2.24) is 0 Å². The Hall–Kier alpha value is -1.69. The Bertz CT molecular complexity index is 527. The number of sulfone groups is 1. The van der Waals surface area contributed by atoms with E-state index in [9.17, 15) is 18.0 Å². The van der Waals surface area contributed by atoms with E-state index in [1.807, 2.05) is 0 Å². The minimum absolute atomic E-state index is 0.0221. The van der Waals surface area contributed by atoms with E-state index in [1.165, 1.54) is 31.2 Å². The molecular weight excluding hydrogens is 244 g/mol. The zero-order chi connectivity index (χ0) is 13.1. The van der Waals surface area contributed by atoms with Crippen LogP contribution in [0.25, 0.3) is 0 Å². The van der Waals surface area contributed by atoms with Gasteiger partial charge >= 0.3 is 5.97 Å². The third-order valence-corrected chi connectivity index (χ3v) is 3.67. The van der Waals surface area contributed by atoms with E-state index in [0.717, 1.165) is 0 Å². The van der Waals surface area contributed by atoms with Gasteiger partial charge in [0.1, 0.15) is 5.78 Å². The summed E-state index contributed by atoms with van der Waals surface area (Å²) in [4.78, 5) is 21.2. The van der Waals surface area contributed by atoms with E-state index >= 15 is 0 Å². The van der Waals surface area contributed by atoms with E-state index in [2.05, 4.69) is 0 Å². The third kappa shape index (κ3) is 3.99. The highest BCUT2D eigenvalue weighted by Gasteiger charge is 2.18. The van der Waals surface area contributed by atoms with Gasteiger partial charge in [-0.3, -0.25) is 9.59 Å². The number of hydrogen-bond acceptors (Lipinski definition) is 4. The highest BCUT2D eigenvalue weighted by atomic mass is 32.2. The van der Waals surface area contributed by atoms with Crippen LogP contribution in [0.2, 0.25) is 0 Å². The predicted molar refractivity (Wildman–Crippen MR) is 60.5 cm³/mol. The number of rotatable bonds is 5. The first-order valence-electron chi connectivity index (χ1n) is 4.84. The fraction of sp³-hybridized carbons (Fsp3) is 0.273. The average Bonchev–Trinajstić information content (AvgIpc) is 2.15. The summed E-state index contributed by atoms with van der Waals surface area (Å²) < 4.78 is 23.1. The van der Waals surface area contributed by atoms with Crippen molar-refractivity contribution in [3.05, 3.63) is 29.8 Å². The van der Waals surface area contributed by atoms with Crippen LogP contribution in [0.4, 0.5) is 0 Å². The average molecular weight is 256 g/mol. The van der Waals surface area contributed by atoms with E-state index in [1.54, 1.807) is 0 Å². The summed E-state index contributed by atoms with van der Waals surface area (Å²) in [5.41, 5.74) is 0.701. The Morgan fingerprint density at radius 3 is 2.12 bits per heavy atom. The van der Waals surface area contributed by atoms with Crippen LogP contribution in [0.5, 0.6) is 0 Å². The van der Waals surface area contributed by atoms with Crippen molar-refractivity contribution in [2.75, 3.05) is 5.75 Å². The van der Waals surface area contributed by atoms with Crippen LogP contribution in [0.1, 0.15) is 12.5 Å². The second-order valence-corrected chi connectivity index (χ2v) is 5.67. The molecule has 0 aromatic heterocycles. The topological polar surface area (TPSA) is 88.5 Å². The molecule has 17 heavy (non-hydrogen) atoms. The molecule has 0 bridgehead atoms. The Labute approximate surface area is 99.0 Å². The van der Waals surface area contributed by atoms with Crippen molar-refractivity contribution in [3.8, 4) is 0 Å². The molecule has 0 aliphatic carbocycles. The number of carboxylic acids is 1. The number of Topliss-reactive ketones (excluding diaryl/α,β-unsaturated/α-hetero) is 1. The van der Waals surface area contributed by atoms with E-state index in [-0.39, 0.29) is 17.1 Å². The molecule has 1 rings (SSSR count). The maximum absolute atomic E-state index is 11.5. The number of benzene rings is 1. The summed E-state index contributed by atoms with van der Waals surface area (Å²) in [6, 6.07) is 5.65. The molecule has 0 radical (unpaired) electrons. The van der Waals surface area contributed by atoms with Gasteiger partial charge in [0.25, 0.3) is 0 Å². The van der Waals surface area contributed by atoms with Crippen LogP contribution in [0, 0.1) is 0 Å². The maximum Gasteiger partial charge on any atom is 0.319 e. The largest absolute Gasteiger partial charge is 0.480 e. The number of hydrogen-bond donors (Lipinski definition) is 1. The van der Waals surface area contributed by atoms with E-state index < -0.39 is 21.6 Å². The molecule has 0 aliphatic rings. The quantitative estimate of drug-likeness (QED) is 0.836. The van der Waals surface area contributed by atoms with Crippen LogP contribution in [0.15, 0.2) is 29.2 Å². The normalized spacial score (nSPS) is 11.1. The molecule has 0 amide bonds. The zero-order valence-electron chi connectivity index (χ0n) is 9.21. The molecule has 0 heterocycles. The summed E-state index contributed by atoms with van der Waals surface area (Å²) in [5.74, 6) is -2.34. The molecular formula is C11H12O5S. The highest BCUT2D eigenvalue weighted by molar-refractivity contribution is 7.92. The van der Waals surface area contributed by atoms with Gasteiger partial charge in [0.15, 0.2) is 15.6 Å². The molecule has 5 nitrogen and oxygen atoms in total. The lowest BCUT2D eigenvalue weighted by Crippen LogP contribution is -2.15. The van der Waals surface area contributed by atoms with Gasteiger partial charge in [0.2, 0.25) is 0 Å². The lowest BCUT2D eigenvalue weighted by atomic mass is 10.1. The molecule has 92 valence electrons. The summed E-state index contributed by atoms with van der Waals surface area (Å²) in [7, 11) is -3.79. The maximum atomic E-state index is 11.5. The van der Waals surface area contributed by atoms with Crippen molar-refractivity contribution in [2.24, 2.45) is 0 Å². The van der Waals surface area contributed by atoms with Crippen LogP contribution >= 0.6 is 0 Å². The van der Waals surface area contributed by atoms with Gasteiger partial charge in [-0.2, -0.15) is 0 Å². The fourth-order valence-corrected chi connectivity index (χ4v) is 2.39. The first-order valence-corrected chi connectivity index (χ1v) is 6.49. The third-order valence-electron chi connectivity index (χ3n) is 2.05. The summed E-state index contributed by atoms with van der Waals surface area (Å²) in [6.45, 7) is 1.44. The van der Waals surface area contributed by atoms with Gasteiger partial charge in [0.05, 0.1) is 4.90 Å². The SMILES string of the molecule is CC(=O)Cc1ccc(S(=O)(=O)CC(=O)O)cc1. The molecule has 0 saturated carbocycles. The Morgan fingerprint density at radius 2 is 1.71 bits per heavy atom. The molecule has 0 spiro atoms. The van der Waals surface area contributed by atoms with Gasteiger partial charge in [-0.15, -0.1) is 0 Å². The second kappa shape index (κ2) is 5.09. The molecule has 0 aliphatic heterocycles. The predicted octanol–water partition coefficient (Wildman–Crippen LogP) is 0.676. The Morgan fingerprint density at radius 1 is 1.18 bits per heavy atom. The standard InChI is InChI=1S/C11H12O5S/c1-8(12)6-9-2-4-10(5-3-9)17(15,16)7-11(13)14/h2-5H,6-7H2,1H3,(H,13,14). The summed E-state index contributed by atoms with van der Waals surface area (Å²) in [5, 5.41) is 8.46. The van der Waals surface area contributed by atoms with Gasteiger partial charge < -0.3 is 5.11 Å². The molecule has 6 heteroatoms. The van der Waals surface area contributed by atoms with Crippen molar-refractivity contribution >= 4 is 21.6 Å². The molecule has 0 saturated heterocycles. The van der Waals surface area contributed by atoms with Gasteiger partial charge in [-0.1, -0.05) is 12.1 Å². The molecule has 1 aromatic carbocycles. The van der Waals surface area contributed by atoms with E-state index in [4.69, 9.17) is 5.11 Å². The van der Waals surface area contributed by atoms with Crippen LogP contribution in [-0.4, -0.2) is 31.0 Å². The van der Waals surface area contributed by atoms with Crippen molar-refractivity contribution in [1.29, 1.82) is 0 Å². The van der Waals surface area contributed by atoms with Crippen molar-refractivity contribution in [2.45, 2.75) is 18.2 Å². The molecule has 1 aromatic rings. The molecule has 0 unspecified atom stereocenters. The Kier molecular flexibility index (Phi) is 4.01. The molecule has 1 N–H and O–H groups in total. The van der Waals surface area contributed by atoms with E-state index in [0.29, 0.717) is 5.56 Å². The highest BCUT2D eigenvalue weighted by Crippen LogP contribution is 2.13. The Balaban J connectivity index is 2.94. The lowest BCUT2D eigenvalue weighted by Gasteiger charge is -2.03. The number of ketones is 1. The first kappa shape index (κ1) is 13.4. The van der Waals surface area contributed by atoms with Crippen LogP contribution in [0.3, 0.4) is 0 Å². The smallest absolute Gasteiger partial charge is 0.319 e. The first-order chi connectivity index (χ1) is 7.81. The fourth-order valence-electron chi connectivity index (χ4n) is 1.35. The number of aliphatic carboxylic acids is 1. The number of carbonyl (C=O) groups excluding carboxylic acids is 1. The monoisotopic (exact) mass is 256 g/mol. The lowest BCUT2D eigenvalue weighted by molar-refractivity contribution is -0.134. The number of carbonyl (C=O) groups is 2. The van der Waals surface area contributed by atoms with Crippen LogP contribution in [-0.2, 0) is 25.8 Å². The summed E-state index contributed by atoms with van der Waals surface area (Å²) >= 11 is 0. The minimum atomic E-state index is -3.79. The molecule has 0 fully saturated rings.